The number of carbonyl (C=O) groups excluding carboxylic acids is 2. The molecule has 0 bridgehead atoms. The Labute approximate surface area is 176 Å². The molecule has 0 radical (unpaired) electrons. The zero-order valence-electron chi connectivity index (χ0n) is 16.5. The molecule has 1 aromatic heterocycles. The van der Waals surface area contributed by atoms with Gasteiger partial charge in [0.25, 0.3) is 0 Å². The van der Waals surface area contributed by atoms with E-state index in [2.05, 4.69) is 20.5 Å². The number of benzene rings is 1. The van der Waals surface area contributed by atoms with Crippen LogP contribution < -0.4 is 15.5 Å². The Morgan fingerprint density at radius 2 is 1.72 bits per heavy atom. The van der Waals surface area contributed by atoms with Crippen LogP contribution in [0.25, 0.3) is 0 Å². The highest BCUT2D eigenvalue weighted by Crippen LogP contribution is 2.16. The molecule has 3 rings (SSSR count). The number of halogens is 1. The molecule has 1 aliphatic heterocycles. The largest absolute Gasteiger partial charge is 0.368 e. The normalized spacial score (nSPS) is 15.0. The molecule has 2 aromatic rings. The van der Waals surface area contributed by atoms with Crippen LogP contribution in [0.1, 0.15) is 19.8 Å². The van der Waals surface area contributed by atoms with Crippen molar-refractivity contribution >= 4 is 34.9 Å². The maximum atomic E-state index is 13.0. The summed E-state index contributed by atoms with van der Waals surface area (Å²) >= 11 is 5.87. The van der Waals surface area contributed by atoms with Gasteiger partial charge in [-0.25, -0.2) is 4.79 Å². The summed E-state index contributed by atoms with van der Waals surface area (Å²) in [6, 6.07) is 9.85. The maximum absolute atomic E-state index is 13.0. The van der Waals surface area contributed by atoms with E-state index in [1.807, 2.05) is 24.0 Å². The Morgan fingerprint density at radius 1 is 1.07 bits per heavy atom. The number of aromatic nitrogens is 1. The molecule has 0 unspecified atom stereocenters. The molecule has 3 amide bonds. The van der Waals surface area contributed by atoms with E-state index < -0.39 is 12.1 Å². The van der Waals surface area contributed by atoms with E-state index in [9.17, 15) is 9.59 Å². The van der Waals surface area contributed by atoms with E-state index in [4.69, 9.17) is 11.6 Å². The van der Waals surface area contributed by atoms with E-state index >= 15 is 0 Å². The third-order valence-corrected chi connectivity index (χ3v) is 5.15. The van der Waals surface area contributed by atoms with Crippen LogP contribution in [-0.2, 0) is 4.79 Å². The van der Waals surface area contributed by atoms with Crippen LogP contribution in [0, 0.1) is 0 Å². The Balaban J connectivity index is 1.55. The number of pyridine rings is 1. The predicted octanol–water partition coefficient (Wildman–Crippen LogP) is 3.37. The second-order valence-corrected chi connectivity index (χ2v) is 7.40. The minimum absolute atomic E-state index is 0.0347. The van der Waals surface area contributed by atoms with Crippen LogP contribution in [0.5, 0.6) is 0 Å². The summed E-state index contributed by atoms with van der Waals surface area (Å²) in [6.07, 6.45) is 4.94. The van der Waals surface area contributed by atoms with Gasteiger partial charge in [0.1, 0.15) is 6.04 Å². The van der Waals surface area contributed by atoms with E-state index in [1.54, 1.807) is 36.7 Å². The molecule has 8 heteroatoms. The molecule has 0 saturated carbocycles. The van der Waals surface area contributed by atoms with Crippen molar-refractivity contribution in [1.82, 2.24) is 15.2 Å². The van der Waals surface area contributed by atoms with Crippen LogP contribution in [0.15, 0.2) is 48.8 Å². The number of urea groups is 1. The zero-order valence-corrected chi connectivity index (χ0v) is 17.2. The van der Waals surface area contributed by atoms with E-state index in [1.165, 1.54) is 0 Å². The van der Waals surface area contributed by atoms with Gasteiger partial charge in [0.15, 0.2) is 0 Å². The Morgan fingerprint density at radius 3 is 2.34 bits per heavy atom. The number of anilines is 2. The number of piperazine rings is 1. The van der Waals surface area contributed by atoms with Crippen molar-refractivity contribution in [3.63, 3.8) is 0 Å². The standard InChI is InChI=1S/C21H26ClN5O2/c1-2-3-19(25-21(29)24-17-6-4-16(22)5-7-17)20(28)27-14-12-26(13-15-27)18-8-10-23-11-9-18/h4-11,19H,2-3,12-15H2,1H3,(H2,24,25,29)/t19-/m1/s1. The number of hydrogen-bond acceptors (Lipinski definition) is 4. The second kappa shape index (κ2) is 10.1. The fourth-order valence-electron chi connectivity index (χ4n) is 3.36. The first-order chi connectivity index (χ1) is 14.1. The molecule has 0 aliphatic carbocycles. The topological polar surface area (TPSA) is 77.6 Å². The van der Waals surface area contributed by atoms with Gasteiger partial charge in [0.2, 0.25) is 5.91 Å². The zero-order chi connectivity index (χ0) is 20.6. The van der Waals surface area contributed by atoms with Gasteiger partial charge in [0.05, 0.1) is 0 Å². The number of carbonyl (C=O) groups is 2. The minimum Gasteiger partial charge on any atom is -0.368 e. The molecule has 7 nitrogen and oxygen atoms in total. The second-order valence-electron chi connectivity index (χ2n) is 6.96. The number of hydrogen-bond donors (Lipinski definition) is 2. The van der Waals surface area contributed by atoms with Crippen LogP contribution in [0.4, 0.5) is 16.2 Å². The fraction of sp³-hybridized carbons (Fsp3) is 0.381. The summed E-state index contributed by atoms with van der Waals surface area (Å²) < 4.78 is 0. The SMILES string of the molecule is CCC[C@@H](NC(=O)Nc1ccc(Cl)cc1)C(=O)N1CCN(c2ccncc2)CC1. The smallest absolute Gasteiger partial charge is 0.319 e. The quantitative estimate of drug-likeness (QED) is 0.758. The van der Waals surface area contributed by atoms with Gasteiger partial charge in [-0.3, -0.25) is 9.78 Å². The summed E-state index contributed by atoms with van der Waals surface area (Å²) in [5.74, 6) is -0.0347. The molecule has 0 spiro atoms. The first-order valence-corrected chi connectivity index (χ1v) is 10.2. The molecule has 154 valence electrons. The van der Waals surface area contributed by atoms with Crippen LogP contribution >= 0.6 is 11.6 Å². The number of nitrogens with zero attached hydrogens (tertiary/aromatic N) is 3. The lowest BCUT2D eigenvalue weighted by Gasteiger charge is -2.37. The van der Waals surface area contributed by atoms with Gasteiger partial charge in [0, 0.05) is 55.0 Å². The van der Waals surface area contributed by atoms with Gasteiger partial charge in [-0.05, 0) is 42.8 Å². The minimum atomic E-state index is -0.542. The Hall–Kier alpha value is -2.80. The Bertz CT molecular complexity index is 808. The van der Waals surface area contributed by atoms with Gasteiger partial charge < -0.3 is 20.4 Å². The van der Waals surface area contributed by atoms with Crippen molar-refractivity contribution in [1.29, 1.82) is 0 Å². The van der Waals surface area contributed by atoms with Gasteiger partial charge in [-0.15, -0.1) is 0 Å². The summed E-state index contributed by atoms with van der Waals surface area (Å²) in [5, 5.41) is 6.17. The first kappa shape index (κ1) is 20.9. The highest BCUT2D eigenvalue weighted by molar-refractivity contribution is 6.30. The predicted molar refractivity (Wildman–Crippen MR) is 115 cm³/mol. The monoisotopic (exact) mass is 415 g/mol. The van der Waals surface area contributed by atoms with Crippen molar-refractivity contribution in [2.45, 2.75) is 25.8 Å². The molecule has 1 atom stereocenters. The van der Waals surface area contributed by atoms with Crippen LogP contribution in [0.3, 0.4) is 0 Å². The van der Waals surface area contributed by atoms with Gasteiger partial charge in [-0.1, -0.05) is 24.9 Å². The van der Waals surface area contributed by atoms with E-state index in [0.29, 0.717) is 30.2 Å². The summed E-state index contributed by atoms with van der Waals surface area (Å²) in [4.78, 5) is 33.5. The lowest BCUT2D eigenvalue weighted by atomic mass is 10.1. The van der Waals surface area contributed by atoms with Crippen molar-refractivity contribution < 1.29 is 9.59 Å². The highest BCUT2D eigenvalue weighted by atomic mass is 35.5. The first-order valence-electron chi connectivity index (χ1n) is 9.83. The molecule has 2 heterocycles. The van der Waals surface area contributed by atoms with E-state index in [-0.39, 0.29) is 5.91 Å². The molecule has 1 fully saturated rings. The number of rotatable bonds is 6. The average Bonchev–Trinajstić information content (AvgIpc) is 2.75. The molecular formula is C21H26ClN5O2. The third kappa shape index (κ3) is 5.84. The highest BCUT2D eigenvalue weighted by Gasteiger charge is 2.28. The number of amides is 3. The van der Waals surface area contributed by atoms with E-state index in [0.717, 1.165) is 25.2 Å². The molecule has 1 aliphatic rings. The molecular weight excluding hydrogens is 390 g/mol. The van der Waals surface area contributed by atoms with Crippen molar-refractivity contribution in [3.8, 4) is 0 Å². The van der Waals surface area contributed by atoms with Gasteiger partial charge in [-0.2, -0.15) is 0 Å². The van der Waals surface area contributed by atoms with Crippen LogP contribution in [-0.4, -0.2) is 54.0 Å². The van der Waals surface area contributed by atoms with Gasteiger partial charge >= 0.3 is 6.03 Å². The average molecular weight is 416 g/mol. The number of nitrogens with one attached hydrogen (secondary N) is 2. The maximum Gasteiger partial charge on any atom is 0.319 e. The lowest BCUT2D eigenvalue weighted by Crippen LogP contribution is -2.55. The Kier molecular flexibility index (Phi) is 7.30. The summed E-state index contributed by atoms with van der Waals surface area (Å²) in [7, 11) is 0. The molecule has 2 N–H and O–H groups in total. The molecule has 1 aromatic carbocycles. The summed E-state index contributed by atoms with van der Waals surface area (Å²) in [6.45, 7) is 4.77. The fourth-order valence-corrected chi connectivity index (χ4v) is 3.49. The lowest BCUT2D eigenvalue weighted by molar-refractivity contribution is -0.133. The van der Waals surface area contributed by atoms with Crippen molar-refractivity contribution in [2.75, 3.05) is 36.4 Å². The molecule has 29 heavy (non-hydrogen) atoms. The van der Waals surface area contributed by atoms with Crippen molar-refractivity contribution in [3.05, 3.63) is 53.8 Å². The third-order valence-electron chi connectivity index (χ3n) is 4.90. The molecule has 1 saturated heterocycles. The summed E-state index contributed by atoms with van der Waals surface area (Å²) in [5.41, 5.74) is 1.73. The van der Waals surface area contributed by atoms with Crippen LogP contribution in [0.2, 0.25) is 5.02 Å². The van der Waals surface area contributed by atoms with Crippen molar-refractivity contribution in [2.24, 2.45) is 0 Å².